The number of nitro groups is 1. The van der Waals surface area contributed by atoms with Crippen molar-refractivity contribution in [2.75, 3.05) is 7.11 Å². The predicted molar refractivity (Wildman–Crippen MR) is 59.3 cm³/mol. The normalized spacial score (nSPS) is 10.5. The Morgan fingerprint density at radius 2 is 2.28 bits per heavy atom. The molecule has 1 rings (SSSR count). The summed E-state index contributed by atoms with van der Waals surface area (Å²) in [4.78, 5) is 24.0. The molecule has 98 valence electrons. The van der Waals surface area contributed by atoms with Gasteiger partial charge < -0.3 is 14.9 Å². The minimum atomic E-state index is -3.12. The highest BCUT2D eigenvalue weighted by Crippen LogP contribution is 2.34. The van der Waals surface area contributed by atoms with Gasteiger partial charge in [-0.05, 0) is 31.4 Å². The maximum absolute atomic E-state index is 12.9. The lowest BCUT2D eigenvalue weighted by Crippen LogP contribution is -2.11. The molecule has 0 radical (unpaired) electrons. The first-order chi connectivity index (χ1) is 8.38. The number of rotatable bonds is 4. The van der Waals surface area contributed by atoms with Crippen LogP contribution in [-0.4, -0.2) is 23.0 Å². The lowest BCUT2D eigenvalue weighted by molar-refractivity contribution is -0.391. The van der Waals surface area contributed by atoms with E-state index in [0.29, 0.717) is 0 Å². The molecule has 18 heavy (non-hydrogen) atoms. The fourth-order valence-corrected chi connectivity index (χ4v) is 1.76. The van der Waals surface area contributed by atoms with Crippen molar-refractivity contribution < 1.29 is 23.2 Å². The topological polar surface area (TPSA) is 82.3 Å². The summed E-state index contributed by atoms with van der Waals surface area (Å²) in [5, 5.41) is 10.6. The Morgan fingerprint density at radius 3 is 2.72 bits per heavy atom. The van der Waals surface area contributed by atoms with Crippen molar-refractivity contribution in [2.45, 2.75) is 12.8 Å². The van der Waals surface area contributed by atoms with Crippen LogP contribution in [0.3, 0.4) is 0 Å². The number of carbonyl (C=O) groups is 1. The Kier molecular flexibility index (Phi) is 4.65. The first kappa shape index (κ1) is 14.4. The molecule has 0 bridgehead atoms. The molecule has 0 saturated heterocycles. The van der Waals surface area contributed by atoms with E-state index in [1.807, 2.05) is 0 Å². The summed E-state index contributed by atoms with van der Waals surface area (Å²) in [6.07, 6.45) is -2.61. The SMILES string of the molecule is COC(=O)Cc1c(Br)cnc([N+](=O)[O-])c1C(F)F. The number of hydrogen-bond donors (Lipinski definition) is 0. The highest BCUT2D eigenvalue weighted by molar-refractivity contribution is 9.10. The van der Waals surface area contributed by atoms with Crippen molar-refractivity contribution in [3.63, 3.8) is 0 Å². The van der Waals surface area contributed by atoms with Crippen LogP contribution in [0.4, 0.5) is 14.6 Å². The van der Waals surface area contributed by atoms with Crippen LogP contribution in [0.5, 0.6) is 0 Å². The smallest absolute Gasteiger partial charge is 0.372 e. The number of carbonyl (C=O) groups excluding carboxylic acids is 1. The summed E-state index contributed by atoms with van der Waals surface area (Å²) < 4.78 is 30.2. The average Bonchev–Trinajstić information content (AvgIpc) is 2.30. The van der Waals surface area contributed by atoms with Gasteiger partial charge in [-0.15, -0.1) is 0 Å². The second kappa shape index (κ2) is 5.80. The molecule has 1 heterocycles. The molecule has 0 aromatic carbocycles. The van der Waals surface area contributed by atoms with Gasteiger partial charge in [-0.1, -0.05) is 0 Å². The number of hydrogen-bond acceptors (Lipinski definition) is 5. The minimum absolute atomic E-state index is 0.0915. The van der Waals surface area contributed by atoms with E-state index < -0.39 is 35.1 Å². The van der Waals surface area contributed by atoms with Crippen molar-refractivity contribution in [3.8, 4) is 0 Å². The van der Waals surface area contributed by atoms with Crippen LogP contribution in [0.2, 0.25) is 0 Å². The third kappa shape index (κ3) is 2.97. The highest BCUT2D eigenvalue weighted by Gasteiger charge is 2.30. The number of pyridine rings is 1. The van der Waals surface area contributed by atoms with Crippen molar-refractivity contribution in [1.29, 1.82) is 0 Å². The molecule has 0 unspecified atom stereocenters. The van der Waals surface area contributed by atoms with Crippen molar-refractivity contribution >= 4 is 27.7 Å². The van der Waals surface area contributed by atoms with Crippen LogP contribution in [-0.2, 0) is 16.0 Å². The van der Waals surface area contributed by atoms with Gasteiger partial charge in [-0.2, -0.15) is 0 Å². The molecule has 0 amide bonds. The van der Waals surface area contributed by atoms with Gasteiger partial charge in [0, 0.05) is 0 Å². The maximum atomic E-state index is 12.9. The molecule has 0 atom stereocenters. The average molecular weight is 325 g/mol. The zero-order chi connectivity index (χ0) is 13.9. The van der Waals surface area contributed by atoms with Crippen LogP contribution in [0.15, 0.2) is 10.7 Å². The Bertz CT molecular complexity index is 496. The van der Waals surface area contributed by atoms with Crippen molar-refractivity contribution in [3.05, 3.63) is 31.9 Å². The van der Waals surface area contributed by atoms with Crippen LogP contribution in [0.1, 0.15) is 17.6 Å². The third-order valence-electron chi connectivity index (χ3n) is 2.09. The Morgan fingerprint density at radius 1 is 1.67 bits per heavy atom. The van der Waals surface area contributed by atoms with E-state index in [1.165, 1.54) is 0 Å². The standard InChI is InChI=1S/C9H7BrF2N2O4/c1-18-6(15)2-4-5(10)3-13-9(14(16)17)7(4)8(11)12/h3,8H,2H2,1H3. The second-order valence-electron chi connectivity index (χ2n) is 3.13. The van der Waals surface area contributed by atoms with E-state index in [-0.39, 0.29) is 10.0 Å². The number of alkyl halides is 2. The first-order valence-electron chi connectivity index (χ1n) is 4.55. The lowest BCUT2D eigenvalue weighted by Gasteiger charge is -2.09. The highest BCUT2D eigenvalue weighted by atomic mass is 79.9. The van der Waals surface area contributed by atoms with Gasteiger partial charge in [0.25, 0.3) is 6.43 Å². The van der Waals surface area contributed by atoms with Gasteiger partial charge in [-0.3, -0.25) is 4.79 Å². The summed E-state index contributed by atoms with van der Waals surface area (Å²) >= 11 is 2.93. The third-order valence-corrected chi connectivity index (χ3v) is 2.78. The van der Waals surface area contributed by atoms with Gasteiger partial charge in [0.2, 0.25) is 0 Å². The van der Waals surface area contributed by atoms with Gasteiger partial charge in [0.05, 0.1) is 18.0 Å². The molecule has 0 aliphatic carbocycles. The van der Waals surface area contributed by atoms with Crippen molar-refractivity contribution in [1.82, 2.24) is 4.98 Å². The Labute approximate surface area is 108 Å². The molecule has 0 aliphatic rings. The summed E-state index contributed by atoms with van der Waals surface area (Å²) in [5.74, 6) is -1.75. The number of methoxy groups -OCH3 is 1. The van der Waals surface area contributed by atoms with E-state index in [4.69, 9.17) is 0 Å². The fraction of sp³-hybridized carbons (Fsp3) is 0.333. The molecule has 9 heteroatoms. The molecule has 1 aromatic rings. The fourth-order valence-electron chi connectivity index (χ4n) is 1.30. The predicted octanol–water partition coefficient (Wildman–Crippen LogP) is 2.41. The quantitative estimate of drug-likeness (QED) is 0.482. The van der Waals surface area contributed by atoms with E-state index in [1.54, 1.807) is 0 Å². The number of nitrogens with zero attached hydrogens (tertiary/aromatic N) is 2. The van der Waals surface area contributed by atoms with Gasteiger partial charge in [0.15, 0.2) is 6.20 Å². The van der Waals surface area contributed by atoms with E-state index in [9.17, 15) is 23.7 Å². The van der Waals surface area contributed by atoms with Crippen LogP contribution >= 0.6 is 15.9 Å². The summed E-state index contributed by atoms with van der Waals surface area (Å²) in [6, 6.07) is 0. The maximum Gasteiger partial charge on any atom is 0.372 e. The number of esters is 1. The van der Waals surface area contributed by atoms with E-state index >= 15 is 0 Å². The molecule has 0 fully saturated rings. The molecule has 0 saturated carbocycles. The minimum Gasteiger partial charge on any atom is -0.469 e. The molecular formula is C9H7BrF2N2O4. The van der Waals surface area contributed by atoms with Gasteiger partial charge in [0.1, 0.15) is 5.56 Å². The number of ether oxygens (including phenoxy) is 1. The molecule has 0 aliphatic heterocycles. The van der Waals surface area contributed by atoms with Gasteiger partial charge >= 0.3 is 11.8 Å². The zero-order valence-electron chi connectivity index (χ0n) is 9.02. The van der Waals surface area contributed by atoms with E-state index in [0.717, 1.165) is 13.3 Å². The summed E-state index contributed by atoms with van der Waals surface area (Å²) in [5.41, 5.74) is -1.07. The Balaban J connectivity index is 3.41. The molecule has 1 aromatic heterocycles. The first-order valence-corrected chi connectivity index (χ1v) is 5.34. The monoisotopic (exact) mass is 324 g/mol. The summed E-state index contributed by atoms with van der Waals surface area (Å²) in [7, 11) is 1.09. The molecular weight excluding hydrogens is 318 g/mol. The molecule has 0 N–H and O–H groups in total. The zero-order valence-corrected chi connectivity index (χ0v) is 10.6. The second-order valence-corrected chi connectivity index (χ2v) is 3.99. The van der Waals surface area contributed by atoms with Gasteiger partial charge in [-0.25, -0.2) is 8.78 Å². The number of halogens is 3. The van der Waals surface area contributed by atoms with Crippen LogP contribution in [0.25, 0.3) is 0 Å². The Hall–Kier alpha value is -1.64. The molecule has 6 nitrogen and oxygen atoms in total. The van der Waals surface area contributed by atoms with E-state index in [2.05, 4.69) is 25.7 Å². The summed E-state index contributed by atoms with van der Waals surface area (Å²) in [6.45, 7) is 0. The molecule has 0 spiro atoms. The van der Waals surface area contributed by atoms with Crippen molar-refractivity contribution in [2.24, 2.45) is 0 Å². The largest absolute Gasteiger partial charge is 0.469 e. The number of aromatic nitrogens is 1. The lowest BCUT2D eigenvalue weighted by atomic mass is 10.1. The van der Waals surface area contributed by atoms with Crippen LogP contribution < -0.4 is 0 Å². The van der Waals surface area contributed by atoms with Crippen LogP contribution in [0, 0.1) is 10.1 Å².